The molecule has 0 aromatic rings. The second-order valence-electron chi connectivity index (χ2n) is 5.40. The lowest BCUT2D eigenvalue weighted by molar-refractivity contribution is -0.133. The lowest BCUT2D eigenvalue weighted by Crippen LogP contribution is -2.50. The molecule has 1 rings (SSSR count). The maximum atomic E-state index is 12.2. The highest BCUT2D eigenvalue weighted by atomic mass is 16.2. The Morgan fingerprint density at radius 3 is 2.65 bits per heavy atom. The molecule has 1 aliphatic rings. The Morgan fingerprint density at radius 1 is 1.59 bits per heavy atom. The van der Waals surface area contributed by atoms with E-state index in [-0.39, 0.29) is 11.9 Å². The molecule has 1 saturated carbocycles. The van der Waals surface area contributed by atoms with Crippen molar-refractivity contribution in [3.8, 4) is 6.07 Å². The fourth-order valence-corrected chi connectivity index (χ4v) is 2.40. The minimum atomic E-state index is -0.393. The first kappa shape index (κ1) is 14.0. The van der Waals surface area contributed by atoms with E-state index in [9.17, 15) is 4.79 Å². The minimum Gasteiger partial charge on any atom is -0.352 e. The van der Waals surface area contributed by atoms with E-state index in [0.717, 1.165) is 25.7 Å². The average molecular weight is 237 g/mol. The van der Waals surface area contributed by atoms with Crippen molar-refractivity contribution in [3.05, 3.63) is 0 Å². The van der Waals surface area contributed by atoms with Gasteiger partial charge in [0, 0.05) is 12.6 Å². The van der Waals surface area contributed by atoms with Crippen molar-refractivity contribution in [2.75, 3.05) is 6.54 Å². The summed E-state index contributed by atoms with van der Waals surface area (Å²) >= 11 is 0. The van der Waals surface area contributed by atoms with Gasteiger partial charge in [-0.05, 0) is 38.5 Å². The number of carbonyl (C=O) groups excluding carboxylic acids is 1. The molecule has 4 nitrogen and oxygen atoms in total. The van der Waals surface area contributed by atoms with Gasteiger partial charge in [0.1, 0.15) is 0 Å². The summed E-state index contributed by atoms with van der Waals surface area (Å²) in [5, 5.41) is 11.5. The molecule has 0 radical (unpaired) electrons. The minimum absolute atomic E-state index is 0.0367. The molecule has 1 aliphatic carbocycles. The highest BCUT2D eigenvalue weighted by Gasteiger charge is 2.40. The molecule has 0 spiro atoms. The van der Waals surface area contributed by atoms with Crippen LogP contribution in [0.2, 0.25) is 0 Å². The number of carbonyl (C=O) groups is 1. The molecule has 3 N–H and O–H groups in total. The van der Waals surface area contributed by atoms with Crippen molar-refractivity contribution in [2.45, 2.75) is 52.0 Å². The monoisotopic (exact) mass is 237 g/mol. The topological polar surface area (TPSA) is 78.9 Å². The quantitative estimate of drug-likeness (QED) is 0.778. The van der Waals surface area contributed by atoms with Crippen molar-refractivity contribution in [1.29, 1.82) is 5.26 Å². The third kappa shape index (κ3) is 3.44. The van der Waals surface area contributed by atoms with E-state index >= 15 is 0 Å². The molecule has 0 aromatic heterocycles. The molecule has 4 heteroatoms. The van der Waals surface area contributed by atoms with Gasteiger partial charge >= 0.3 is 0 Å². The van der Waals surface area contributed by atoms with Crippen LogP contribution in [0.3, 0.4) is 0 Å². The van der Waals surface area contributed by atoms with E-state index in [1.54, 1.807) is 0 Å². The zero-order valence-corrected chi connectivity index (χ0v) is 10.8. The van der Waals surface area contributed by atoms with Gasteiger partial charge in [0.2, 0.25) is 5.91 Å². The van der Waals surface area contributed by atoms with E-state index in [1.165, 1.54) is 0 Å². The first-order valence-electron chi connectivity index (χ1n) is 6.42. The maximum Gasteiger partial charge on any atom is 0.227 e. The molecular weight excluding hydrogens is 214 g/mol. The highest BCUT2D eigenvalue weighted by Crippen LogP contribution is 2.38. The van der Waals surface area contributed by atoms with Crippen molar-refractivity contribution >= 4 is 5.91 Å². The van der Waals surface area contributed by atoms with Gasteiger partial charge in [-0.2, -0.15) is 5.26 Å². The average Bonchev–Trinajstić information content (AvgIpc) is 2.30. The number of nitrogens with zero attached hydrogens (tertiary/aromatic N) is 1. The van der Waals surface area contributed by atoms with Crippen molar-refractivity contribution in [2.24, 2.45) is 17.1 Å². The third-order valence-electron chi connectivity index (χ3n) is 3.88. The lowest BCUT2D eigenvalue weighted by Gasteiger charge is -2.37. The van der Waals surface area contributed by atoms with Crippen LogP contribution in [-0.2, 0) is 4.79 Å². The number of nitriles is 1. The van der Waals surface area contributed by atoms with E-state index in [0.29, 0.717) is 18.9 Å². The van der Waals surface area contributed by atoms with Crippen LogP contribution in [0.4, 0.5) is 0 Å². The van der Waals surface area contributed by atoms with Crippen LogP contribution in [0.15, 0.2) is 0 Å². The Balaban J connectivity index is 2.61. The molecule has 0 bridgehead atoms. The molecule has 1 atom stereocenters. The van der Waals surface area contributed by atoms with Crippen LogP contribution in [0, 0.1) is 22.7 Å². The second-order valence-corrected chi connectivity index (χ2v) is 5.40. The molecule has 1 amide bonds. The number of rotatable bonds is 4. The smallest absolute Gasteiger partial charge is 0.227 e. The number of nitrogens with two attached hydrogens (primary N) is 1. The SMILES string of the molecule is CC1CCC(CN)(C(=O)NC(C)CC#N)CC1. The fourth-order valence-electron chi connectivity index (χ4n) is 2.40. The van der Waals surface area contributed by atoms with E-state index in [1.807, 2.05) is 6.92 Å². The van der Waals surface area contributed by atoms with Gasteiger partial charge in [-0.15, -0.1) is 0 Å². The predicted octanol–water partition coefficient (Wildman–Crippen LogP) is 1.56. The predicted molar refractivity (Wildman–Crippen MR) is 67.0 cm³/mol. The normalized spacial score (nSPS) is 30.4. The Morgan fingerprint density at radius 2 is 2.18 bits per heavy atom. The van der Waals surface area contributed by atoms with E-state index in [2.05, 4.69) is 18.3 Å². The lowest BCUT2D eigenvalue weighted by atomic mass is 9.70. The third-order valence-corrected chi connectivity index (χ3v) is 3.88. The van der Waals surface area contributed by atoms with E-state index in [4.69, 9.17) is 11.0 Å². The maximum absolute atomic E-state index is 12.2. The standard InChI is InChI=1S/C13H23N3O/c1-10-3-6-13(9-15,7-4-10)12(17)16-11(2)5-8-14/h10-11H,3-7,9,15H2,1-2H3,(H,16,17). The molecular formula is C13H23N3O. The van der Waals surface area contributed by atoms with Crippen LogP contribution >= 0.6 is 0 Å². The van der Waals surface area contributed by atoms with Gasteiger partial charge in [-0.3, -0.25) is 4.79 Å². The van der Waals surface area contributed by atoms with Crippen LogP contribution in [-0.4, -0.2) is 18.5 Å². The largest absolute Gasteiger partial charge is 0.352 e. The molecule has 1 fully saturated rings. The highest BCUT2D eigenvalue weighted by molar-refractivity contribution is 5.83. The van der Waals surface area contributed by atoms with Crippen LogP contribution in [0.25, 0.3) is 0 Å². The zero-order valence-electron chi connectivity index (χ0n) is 10.8. The Kier molecular flexibility index (Phi) is 4.95. The Labute approximate surface area is 104 Å². The molecule has 0 heterocycles. The van der Waals surface area contributed by atoms with Crippen molar-refractivity contribution in [1.82, 2.24) is 5.32 Å². The Bertz CT molecular complexity index is 300. The summed E-state index contributed by atoms with van der Waals surface area (Å²) in [7, 11) is 0. The van der Waals surface area contributed by atoms with Crippen molar-refractivity contribution < 1.29 is 4.79 Å². The van der Waals surface area contributed by atoms with Crippen molar-refractivity contribution in [3.63, 3.8) is 0 Å². The van der Waals surface area contributed by atoms with Gasteiger partial charge < -0.3 is 11.1 Å². The summed E-state index contributed by atoms with van der Waals surface area (Å²) in [6, 6.07) is 1.98. The van der Waals surface area contributed by atoms with Crippen LogP contribution < -0.4 is 11.1 Å². The van der Waals surface area contributed by atoms with E-state index < -0.39 is 5.41 Å². The summed E-state index contributed by atoms with van der Waals surface area (Å²) in [6.45, 7) is 4.48. The number of hydrogen-bond donors (Lipinski definition) is 2. The van der Waals surface area contributed by atoms with Gasteiger partial charge in [0.15, 0.2) is 0 Å². The molecule has 1 unspecified atom stereocenters. The van der Waals surface area contributed by atoms with Gasteiger partial charge in [-0.1, -0.05) is 6.92 Å². The second kappa shape index (κ2) is 6.02. The molecule has 0 aromatic carbocycles. The fraction of sp³-hybridized carbons (Fsp3) is 0.846. The number of nitrogens with one attached hydrogen (secondary N) is 1. The van der Waals surface area contributed by atoms with Gasteiger partial charge in [0.25, 0.3) is 0 Å². The summed E-state index contributed by atoms with van der Waals surface area (Å²) in [5.41, 5.74) is 5.42. The van der Waals surface area contributed by atoms with Gasteiger partial charge in [0.05, 0.1) is 17.9 Å². The van der Waals surface area contributed by atoms with Gasteiger partial charge in [-0.25, -0.2) is 0 Å². The Hall–Kier alpha value is -1.08. The zero-order chi connectivity index (χ0) is 12.9. The number of hydrogen-bond acceptors (Lipinski definition) is 3. The summed E-state index contributed by atoms with van der Waals surface area (Å²) in [4.78, 5) is 12.2. The molecule has 0 saturated heterocycles. The first-order chi connectivity index (χ1) is 8.04. The molecule has 96 valence electrons. The number of amides is 1. The first-order valence-corrected chi connectivity index (χ1v) is 6.42. The molecule has 17 heavy (non-hydrogen) atoms. The van der Waals surface area contributed by atoms with Crippen LogP contribution in [0.1, 0.15) is 46.0 Å². The summed E-state index contributed by atoms with van der Waals surface area (Å²) in [6.07, 6.45) is 4.23. The van der Waals surface area contributed by atoms with Crippen LogP contribution in [0.5, 0.6) is 0 Å². The summed E-state index contributed by atoms with van der Waals surface area (Å²) in [5.74, 6) is 0.730. The summed E-state index contributed by atoms with van der Waals surface area (Å²) < 4.78 is 0. The molecule has 0 aliphatic heterocycles.